The van der Waals surface area contributed by atoms with Gasteiger partial charge in [0.1, 0.15) is 16.5 Å². The monoisotopic (exact) mass is 340 g/mol. The molecule has 0 bridgehead atoms. The molecule has 6 heteroatoms. The fraction of sp³-hybridized carbons (Fsp3) is 0.111. The van der Waals surface area contributed by atoms with E-state index in [1.54, 1.807) is 42.8 Å². The molecule has 0 fully saturated rings. The molecule has 0 unspecified atom stereocenters. The van der Waals surface area contributed by atoms with Crippen molar-refractivity contribution in [1.29, 1.82) is 0 Å². The number of hydrogen-bond acceptors (Lipinski definition) is 5. The number of nitrogens with zero attached hydrogens (tertiary/aromatic N) is 1. The van der Waals surface area contributed by atoms with Gasteiger partial charge in [-0.05, 0) is 36.4 Å². The van der Waals surface area contributed by atoms with Crippen LogP contribution in [0.5, 0.6) is 11.5 Å². The first kappa shape index (κ1) is 16.0. The lowest BCUT2D eigenvalue weighted by molar-refractivity contribution is 0.102. The number of methoxy groups -OCH3 is 2. The van der Waals surface area contributed by atoms with Crippen LogP contribution in [0.15, 0.2) is 54.0 Å². The van der Waals surface area contributed by atoms with Gasteiger partial charge in [-0.25, -0.2) is 4.98 Å². The molecule has 1 amide bonds. The van der Waals surface area contributed by atoms with E-state index in [0.29, 0.717) is 22.7 Å². The maximum atomic E-state index is 12.5. The van der Waals surface area contributed by atoms with Gasteiger partial charge in [-0.2, -0.15) is 0 Å². The van der Waals surface area contributed by atoms with Gasteiger partial charge in [0.2, 0.25) is 0 Å². The largest absolute Gasteiger partial charge is 0.497 e. The first-order chi connectivity index (χ1) is 11.7. The molecule has 1 N–H and O–H groups in total. The molecule has 0 aliphatic heterocycles. The van der Waals surface area contributed by atoms with Crippen molar-refractivity contribution in [3.63, 3.8) is 0 Å². The quantitative estimate of drug-likeness (QED) is 0.760. The molecule has 3 rings (SSSR count). The topological polar surface area (TPSA) is 60.5 Å². The van der Waals surface area contributed by atoms with Crippen LogP contribution in [0.3, 0.4) is 0 Å². The zero-order valence-electron chi connectivity index (χ0n) is 13.3. The Balaban J connectivity index is 1.77. The Morgan fingerprint density at radius 1 is 1.08 bits per heavy atom. The number of anilines is 1. The SMILES string of the molecule is COc1ccc(C(=O)Nc2ccc(-c3nccs3)cc2)c(OC)c1. The Bertz CT molecular complexity index is 830. The van der Waals surface area contributed by atoms with E-state index in [4.69, 9.17) is 9.47 Å². The van der Waals surface area contributed by atoms with Gasteiger partial charge in [0.05, 0.1) is 19.8 Å². The molecular formula is C18H16N2O3S. The molecule has 0 spiro atoms. The third-order valence-electron chi connectivity index (χ3n) is 3.48. The molecule has 3 aromatic rings. The Morgan fingerprint density at radius 2 is 1.88 bits per heavy atom. The molecule has 1 heterocycles. The molecule has 0 aliphatic carbocycles. The minimum Gasteiger partial charge on any atom is -0.497 e. The van der Waals surface area contributed by atoms with E-state index in [1.807, 2.05) is 29.6 Å². The molecule has 2 aromatic carbocycles. The molecule has 0 atom stereocenters. The predicted octanol–water partition coefficient (Wildman–Crippen LogP) is 4.08. The van der Waals surface area contributed by atoms with Crippen molar-refractivity contribution in [1.82, 2.24) is 4.98 Å². The lowest BCUT2D eigenvalue weighted by Crippen LogP contribution is -2.13. The van der Waals surface area contributed by atoms with Gasteiger partial charge < -0.3 is 14.8 Å². The Morgan fingerprint density at radius 3 is 2.50 bits per heavy atom. The number of hydrogen-bond donors (Lipinski definition) is 1. The molecule has 0 aliphatic rings. The third kappa shape index (κ3) is 3.38. The van der Waals surface area contributed by atoms with Crippen LogP contribution >= 0.6 is 11.3 Å². The first-order valence-electron chi connectivity index (χ1n) is 7.24. The zero-order chi connectivity index (χ0) is 16.9. The number of nitrogens with one attached hydrogen (secondary N) is 1. The molecule has 0 saturated heterocycles. The summed E-state index contributed by atoms with van der Waals surface area (Å²) in [5.41, 5.74) is 2.17. The fourth-order valence-corrected chi connectivity index (χ4v) is 2.89. The van der Waals surface area contributed by atoms with Gasteiger partial charge in [-0.3, -0.25) is 4.79 Å². The lowest BCUT2D eigenvalue weighted by atomic mass is 10.1. The predicted molar refractivity (Wildman–Crippen MR) is 95.0 cm³/mol. The smallest absolute Gasteiger partial charge is 0.259 e. The van der Waals surface area contributed by atoms with Gasteiger partial charge >= 0.3 is 0 Å². The first-order valence-corrected chi connectivity index (χ1v) is 8.12. The van der Waals surface area contributed by atoms with Crippen LogP contribution in [0.1, 0.15) is 10.4 Å². The van der Waals surface area contributed by atoms with Crippen molar-refractivity contribution in [3.8, 4) is 22.1 Å². The second kappa shape index (κ2) is 7.14. The maximum Gasteiger partial charge on any atom is 0.259 e. The van der Waals surface area contributed by atoms with E-state index in [1.165, 1.54) is 7.11 Å². The average Bonchev–Trinajstić information content (AvgIpc) is 3.16. The van der Waals surface area contributed by atoms with Crippen LogP contribution in [-0.4, -0.2) is 25.1 Å². The second-order valence-corrected chi connectivity index (χ2v) is 5.83. The number of amides is 1. The van der Waals surface area contributed by atoms with Crippen molar-refractivity contribution in [3.05, 3.63) is 59.6 Å². The van der Waals surface area contributed by atoms with Crippen molar-refractivity contribution >= 4 is 22.9 Å². The van der Waals surface area contributed by atoms with Gasteiger partial charge in [0, 0.05) is 28.9 Å². The number of aromatic nitrogens is 1. The Hall–Kier alpha value is -2.86. The fourth-order valence-electron chi connectivity index (χ4n) is 2.25. The molecule has 0 saturated carbocycles. The minimum atomic E-state index is -0.239. The van der Waals surface area contributed by atoms with Gasteiger partial charge in [-0.1, -0.05) is 0 Å². The van der Waals surface area contributed by atoms with Crippen LogP contribution in [0, 0.1) is 0 Å². The summed E-state index contributed by atoms with van der Waals surface area (Å²) in [5.74, 6) is 0.860. The highest BCUT2D eigenvalue weighted by atomic mass is 32.1. The minimum absolute atomic E-state index is 0.239. The zero-order valence-corrected chi connectivity index (χ0v) is 14.1. The van der Waals surface area contributed by atoms with E-state index in [-0.39, 0.29) is 5.91 Å². The Kier molecular flexibility index (Phi) is 4.77. The summed E-state index contributed by atoms with van der Waals surface area (Å²) in [6.07, 6.45) is 1.77. The van der Waals surface area contributed by atoms with Crippen LogP contribution in [0.4, 0.5) is 5.69 Å². The molecule has 5 nitrogen and oxygen atoms in total. The third-order valence-corrected chi connectivity index (χ3v) is 4.30. The van der Waals surface area contributed by atoms with Crippen molar-refractivity contribution in [2.24, 2.45) is 0 Å². The van der Waals surface area contributed by atoms with Crippen LogP contribution in [0.2, 0.25) is 0 Å². The lowest BCUT2D eigenvalue weighted by Gasteiger charge is -2.11. The van der Waals surface area contributed by atoms with Crippen LogP contribution in [-0.2, 0) is 0 Å². The number of thiazole rings is 1. The van der Waals surface area contributed by atoms with Crippen molar-refractivity contribution < 1.29 is 14.3 Å². The van der Waals surface area contributed by atoms with Gasteiger partial charge in [0.15, 0.2) is 0 Å². The van der Waals surface area contributed by atoms with E-state index >= 15 is 0 Å². The van der Waals surface area contributed by atoms with Gasteiger partial charge in [-0.15, -0.1) is 11.3 Å². The Labute approximate surface area is 143 Å². The summed E-state index contributed by atoms with van der Waals surface area (Å²) in [4.78, 5) is 16.7. The number of carbonyl (C=O) groups excluding carboxylic acids is 1. The normalized spacial score (nSPS) is 10.2. The average molecular weight is 340 g/mol. The van der Waals surface area contributed by atoms with E-state index in [0.717, 1.165) is 10.6 Å². The highest BCUT2D eigenvalue weighted by molar-refractivity contribution is 7.13. The summed E-state index contributed by atoms with van der Waals surface area (Å²) < 4.78 is 10.4. The molecule has 0 radical (unpaired) electrons. The van der Waals surface area contributed by atoms with E-state index in [9.17, 15) is 4.79 Å². The number of ether oxygens (including phenoxy) is 2. The number of benzene rings is 2. The number of carbonyl (C=O) groups is 1. The molecule has 122 valence electrons. The summed E-state index contributed by atoms with van der Waals surface area (Å²) in [6, 6.07) is 12.6. The van der Waals surface area contributed by atoms with Crippen LogP contribution < -0.4 is 14.8 Å². The van der Waals surface area contributed by atoms with E-state index < -0.39 is 0 Å². The van der Waals surface area contributed by atoms with Crippen LogP contribution in [0.25, 0.3) is 10.6 Å². The summed E-state index contributed by atoms with van der Waals surface area (Å²) >= 11 is 1.57. The highest BCUT2D eigenvalue weighted by Crippen LogP contribution is 2.26. The standard InChI is InChI=1S/C18H16N2O3S/c1-22-14-7-8-15(16(11-14)23-2)17(21)20-13-5-3-12(4-6-13)18-19-9-10-24-18/h3-11H,1-2H3,(H,20,21). The van der Waals surface area contributed by atoms with E-state index in [2.05, 4.69) is 10.3 Å². The maximum absolute atomic E-state index is 12.5. The summed E-state index contributed by atoms with van der Waals surface area (Å²) in [6.45, 7) is 0. The molecule has 1 aromatic heterocycles. The number of rotatable bonds is 5. The highest BCUT2D eigenvalue weighted by Gasteiger charge is 2.13. The van der Waals surface area contributed by atoms with Gasteiger partial charge in [0.25, 0.3) is 5.91 Å². The molecule has 24 heavy (non-hydrogen) atoms. The van der Waals surface area contributed by atoms with Crippen molar-refractivity contribution in [2.75, 3.05) is 19.5 Å². The molecular weight excluding hydrogens is 324 g/mol. The summed E-state index contributed by atoms with van der Waals surface area (Å²) in [7, 11) is 3.09. The van der Waals surface area contributed by atoms with Crippen molar-refractivity contribution in [2.45, 2.75) is 0 Å². The summed E-state index contributed by atoms with van der Waals surface area (Å²) in [5, 5.41) is 5.75. The second-order valence-electron chi connectivity index (χ2n) is 4.93.